The number of benzene rings is 2. The molecule has 0 bridgehead atoms. The summed E-state index contributed by atoms with van der Waals surface area (Å²) in [6.07, 6.45) is 0.865. The van der Waals surface area contributed by atoms with E-state index in [1.54, 1.807) is 12.1 Å². The summed E-state index contributed by atoms with van der Waals surface area (Å²) >= 11 is 1.43. The Hall–Kier alpha value is -2.75. The number of para-hydroxylation sites is 1. The number of thioether (sulfide) groups is 1. The van der Waals surface area contributed by atoms with Crippen LogP contribution in [0.3, 0.4) is 0 Å². The van der Waals surface area contributed by atoms with Crippen LogP contribution in [0.5, 0.6) is 0 Å². The molecule has 2 aromatic carbocycles. The molecule has 1 amide bonds. The Morgan fingerprint density at radius 1 is 1.11 bits per heavy atom. The zero-order valence-corrected chi connectivity index (χ0v) is 20.9. The number of amides is 1. The summed E-state index contributed by atoms with van der Waals surface area (Å²) in [5.74, 6) is 0.459. The van der Waals surface area contributed by atoms with Gasteiger partial charge < -0.3 is 14.2 Å². The number of carbonyl (C=O) groups is 1. The number of hydrogen-bond acceptors (Lipinski definition) is 6. The second kappa shape index (κ2) is 10.5. The zero-order chi connectivity index (χ0) is 24.4. The molecule has 2 aliphatic rings. The van der Waals surface area contributed by atoms with Crippen molar-refractivity contribution in [1.82, 2.24) is 19.7 Å². The zero-order valence-electron chi connectivity index (χ0n) is 20.1. The molecular formula is C26H30FN5O2S. The molecule has 5 rings (SSSR count). The molecule has 2 aliphatic heterocycles. The first-order chi connectivity index (χ1) is 17.0. The third-order valence-corrected chi connectivity index (χ3v) is 7.71. The lowest BCUT2D eigenvalue weighted by molar-refractivity contribution is -0.118. The fourth-order valence-electron chi connectivity index (χ4n) is 4.76. The van der Waals surface area contributed by atoms with E-state index in [2.05, 4.69) is 32.7 Å². The van der Waals surface area contributed by atoms with E-state index in [4.69, 9.17) is 4.74 Å². The molecule has 0 radical (unpaired) electrons. The fourth-order valence-corrected chi connectivity index (χ4v) is 5.69. The van der Waals surface area contributed by atoms with Gasteiger partial charge in [0.1, 0.15) is 5.82 Å². The van der Waals surface area contributed by atoms with Crippen LogP contribution in [0, 0.1) is 5.82 Å². The standard InChI is InChI=1S/C26H30FN5O2S/c1-18-17-21-5-3-4-6-23(21)32(18)25(33)19(2)35-26-29-28-24(20-7-9-22(27)10-8-20)31(26)12-11-30-13-15-34-16-14-30/h3-10,18-19H,11-17H2,1-2H3. The Morgan fingerprint density at radius 3 is 2.63 bits per heavy atom. The number of aromatic nitrogens is 3. The molecule has 9 heteroatoms. The van der Waals surface area contributed by atoms with Gasteiger partial charge in [0.15, 0.2) is 11.0 Å². The van der Waals surface area contributed by atoms with Crippen LogP contribution in [0.4, 0.5) is 10.1 Å². The molecule has 0 N–H and O–H groups in total. The maximum atomic E-state index is 13.5. The number of fused-ring (bicyclic) bond motifs is 1. The van der Waals surface area contributed by atoms with Gasteiger partial charge in [-0.2, -0.15) is 0 Å². The average Bonchev–Trinajstić information content (AvgIpc) is 3.43. The van der Waals surface area contributed by atoms with Crippen LogP contribution >= 0.6 is 11.8 Å². The van der Waals surface area contributed by atoms with Gasteiger partial charge in [-0.15, -0.1) is 10.2 Å². The minimum absolute atomic E-state index is 0.0681. The van der Waals surface area contributed by atoms with Crippen molar-refractivity contribution in [2.45, 2.75) is 43.3 Å². The number of carbonyl (C=O) groups excluding carboxylic acids is 1. The van der Waals surface area contributed by atoms with Gasteiger partial charge in [0, 0.05) is 43.5 Å². The molecule has 1 saturated heterocycles. The number of halogens is 1. The molecule has 1 fully saturated rings. The Bertz CT molecular complexity index is 1180. The number of hydrogen-bond donors (Lipinski definition) is 0. The molecule has 2 atom stereocenters. The van der Waals surface area contributed by atoms with Crippen molar-refractivity contribution in [3.05, 3.63) is 59.9 Å². The first-order valence-electron chi connectivity index (χ1n) is 12.1. The van der Waals surface area contributed by atoms with Crippen LogP contribution in [-0.2, 0) is 22.5 Å². The maximum Gasteiger partial charge on any atom is 0.240 e. The molecule has 1 aromatic heterocycles. The van der Waals surface area contributed by atoms with Gasteiger partial charge >= 0.3 is 0 Å². The SMILES string of the molecule is CC(Sc1nnc(-c2ccc(F)cc2)n1CCN1CCOCC1)C(=O)N1c2ccccc2CC1C. The Labute approximate surface area is 209 Å². The van der Waals surface area contributed by atoms with E-state index >= 15 is 0 Å². The molecular weight excluding hydrogens is 465 g/mol. The monoisotopic (exact) mass is 495 g/mol. The molecule has 0 saturated carbocycles. The van der Waals surface area contributed by atoms with Gasteiger partial charge in [0.25, 0.3) is 0 Å². The van der Waals surface area contributed by atoms with Crippen molar-refractivity contribution >= 4 is 23.4 Å². The minimum Gasteiger partial charge on any atom is -0.379 e. The lowest BCUT2D eigenvalue weighted by atomic mass is 10.1. The second-order valence-corrected chi connectivity index (χ2v) is 10.4. The van der Waals surface area contributed by atoms with Crippen LogP contribution in [0.1, 0.15) is 19.4 Å². The van der Waals surface area contributed by atoms with Crippen molar-refractivity contribution in [2.75, 3.05) is 37.7 Å². The summed E-state index contributed by atoms with van der Waals surface area (Å²) in [4.78, 5) is 17.8. The second-order valence-electron chi connectivity index (χ2n) is 9.07. The predicted octanol–water partition coefficient (Wildman–Crippen LogP) is 3.87. The first kappa shape index (κ1) is 24.0. The van der Waals surface area contributed by atoms with Gasteiger partial charge in [-0.3, -0.25) is 9.69 Å². The van der Waals surface area contributed by atoms with E-state index in [1.165, 1.54) is 29.5 Å². The largest absolute Gasteiger partial charge is 0.379 e. The van der Waals surface area contributed by atoms with E-state index in [0.29, 0.717) is 17.5 Å². The lowest BCUT2D eigenvalue weighted by Crippen LogP contribution is -2.40. The van der Waals surface area contributed by atoms with Gasteiger partial charge in [-0.25, -0.2) is 4.39 Å². The van der Waals surface area contributed by atoms with Crippen LogP contribution in [-0.4, -0.2) is 69.7 Å². The average molecular weight is 496 g/mol. The van der Waals surface area contributed by atoms with Crippen LogP contribution in [0.15, 0.2) is 53.7 Å². The minimum atomic E-state index is -0.337. The quantitative estimate of drug-likeness (QED) is 0.464. The van der Waals surface area contributed by atoms with Crippen molar-refractivity contribution in [3.63, 3.8) is 0 Å². The van der Waals surface area contributed by atoms with Crippen molar-refractivity contribution in [3.8, 4) is 11.4 Å². The normalized spacial score (nSPS) is 19.1. The fraction of sp³-hybridized carbons (Fsp3) is 0.423. The lowest BCUT2D eigenvalue weighted by Gasteiger charge is -2.27. The molecule has 184 valence electrons. The van der Waals surface area contributed by atoms with E-state index in [1.807, 2.05) is 30.0 Å². The van der Waals surface area contributed by atoms with Crippen molar-refractivity contribution in [1.29, 1.82) is 0 Å². The van der Waals surface area contributed by atoms with E-state index in [9.17, 15) is 9.18 Å². The molecule has 7 nitrogen and oxygen atoms in total. The third kappa shape index (κ3) is 5.12. The molecule has 0 aliphatic carbocycles. The topological polar surface area (TPSA) is 63.5 Å². The number of anilines is 1. The molecule has 35 heavy (non-hydrogen) atoms. The van der Waals surface area contributed by atoms with Crippen molar-refractivity contribution < 1.29 is 13.9 Å². The Kier molecular flexibility index (Phi) is 7.17. The molecule has 3 heterocycles. The third-order valence-electron chi connectivity index (χ3n) is 6.64. The smallest absolute Gasteiger partial charge is 0.240 e. The highest BCUT2D eigenvalue weighted by Gasteiger charge is 2.34. The number of nitrogens with zero attached hydrogens (tertiary/aromatic N) is 5. The van der Waals surface area contributed by atoms with Gasteiger partial charge in [-0.1, -0.05) is 30.0 Å². The Balaban J connectivity index is 1.38. The van der Waals surface area contributed by atoms with Gasteiger partial charge in [0.2, 0.25) is 5.91 Å². The summed E-state index contributed by atoms with van der Waals surface area (Å²) in [7, 11) is 0. The summed E-state index contributed by atoms with van der Waals surface area (Å²) < 4.78 is 21.1. The number of morpholine rings is 1. The van der Waals surface area contributed by atoms with Crippen LogP contribution in [0.2, 0.25) is 0 Å². The van der Waals surface area contributed by atoms with Gasteiger partial charge in [-0.05, 0) is 56.2 Å². The summed E-state index contributed by atoms with van der Waals surface area (Å²) in [5, 5.41) is 9.26. The van der Waals surface area contributed by atoms with Crippen LogP contribution in [0.25, 0.3) is 11.4 Å². The first-order valence-corrected chi connectivity index (χ1v) is 13.0. The van der Waals surface area contributed by atoms with Crippen molar-refractivity contribution in [2.24, 2.45) is 0 Å². The number of rotatable bonds is 7. The van der Waals surface area contributed by atoms with E-state index in [-0.39, 0.29) is 23.0 Å². The molecule has 3 aromatic rings. The Morgan fingerprint density at radius 2 is 1.86 bits per heavy atom. The summed E-state index contributed by atoms with van der Waals surface area (Å²) in [6, 6.07) is 14.5. The highest BCUT2D eigenvalue weighted by Crippen LogP contribution is 2.35. The summed E-state index contributed by atoms with van der Waals surface area (Å²) in [5.41, 5.74) is 3.00. The highest BCUT2D eigenvalue weighted by atomic mass is 32.2. The highest BCUT2D eigenvalue weighted by molar-refractivity contribution is 8.00. The van der Waals surface area contributed by atoms with Gasteiger partial charge in [0.05, 0.1) is 18.5 Å². The predicted molar refractivity (Wildman–Crippen MR) is 135 cm³/mol. The van der Waals surface area contributed by atoms with E-state index < -0.39 is 0 Å². The van der Waals surface area contributed by atoms with E-state index in [0.717, 1.165) is 50.5 Å². The number of ether oxygens (including phenoxy) is 1. The molecule has 0 spiro atoms. The van der Waals surface area contributed by atoms with Crippen LogP contribution < -0.4 is 4.90 Å². The molecule has 2 unspecified atom stereocenters. The summed E-state index contributed by atoms with van der Waals surface area (Å²) in [6.45, 7) is 8.75. The maximum absolute atomic E-state index is 13.5.